The third-order valence-electron chi connectivity index (χ3n) is 6.27. The van der Waals surface area contributed by atoms with Crippen molar-refractivity contribution in [3.8, 4) is 17.2 Å². The standard InChI is InChI=1S/C26H20ClFN4O3/c1-33-20-9-5-15(11-21(20)34-2)24-22-23(31-26-29-13-30-32(24)26)18-12-16(27)6-10-19(18)35-25(22)14-3-7-17(28)8-4-14/h3-13,24-25H,1-2H3,(H,29,30,31). The summed E-state index contributed by atoms with van der Waals surface area (Å²) in [5.74, 6) is 2.13. The molecule has 0 amide bonds. The van der Waals surface area contributed by atoms with E-state index in [1.54, 1.807) is 37.1 Å². The van der Waals surface area contributed by atoms with Gasteiger partial charge in [-0.1, -0.05) is 29.8 Å². The van der Waals surface area contributed by atoms with Crippen molar-refractivity contribution in [1.29, 1.82) is 0 Å². The second-order valence-corrected chi connectivity index (χ2v) is 8.63. The number of hydrogen-bond acceptors (Lipinski definition) is 6. The maximum Gasteiger partial charge on any atom is 0.226 e. The molecule has 0 fully saturated rings. The van der Waals surface area contributed by atoms with Gasteiger partial charge in [-0.05, 0) is 53.6 Å². The van der Waals surface area contributed by atoms with Gasteiger partial charge in [0.15, 0.2) is 11.5 Å². The van der Waals surface area contributed by atoms with Gasteiger partial charge in [0.25, 0.3) is 0 Å². The molecule has 0 radical (unpaired) electrons. The van der Waals surface area contributed by atoms with Gasteiger partial charge in [0.1, 0.15) is 30.0 Å². The number of anilines is 1. The second-order valence-electron chi connectivity index (χ2n) is 8.19. The van der Waals surface area contributed by atoms with Crippen molar-refractivity contribution in [1.82, 2.24) is 14.8 Å². The fourth-order valence-electron chi connectivity index (χ4n) is 4.70. The molecule has 2 unspecified atom stereocenters. The molecule has 7 nitrogen and oxygen atoms in total. The van der Waals surface area contributed by atoms with Crippen molar-refractivity contribution in [2.45, 2.75) is 12.1 Å². The molecule has 176 valence electrons. The highest BCUT2D eigenvalue weighted by molar-refractivity contribution is 6.30. The van der Waals surface area contributed by atoms with Gasteiger partial charge < -0.3 is 19.5 Å². The topological polar surface area (TPSA) is 70.4 Å². The molecule has 0 saturated carbocycles. The molecule has 0 spiro atoms. The predicted molar refractivity (Wildman–Crippen MR) is 129 cm³/mol. The summed E-state index contributed by atoms with van der Waals surface area (Å²) in [7, 11) is 3.19. The zero-order chi connectivity index (χ0) is 24.1. The van der Waals surface area contributed by atoms with Crippen LogP contribution in [0.3, 0.4) is 0 Å². The third kappa shape index (κ3) is 3.49. The molecular weight excluding hydrogens is 471 g/mol. The van der Waals surface area contributed by atoms with Gasteiger partial charge >= 0.3 is 0 Å². The van der Waals surface area contributed by atoms with E-state index in [2.05, 4.69) is 15.4 Å². The Labute approximate surface area is 205 Å². The number of halogens is 2. The van der Waals surface area contributed by atoms with E-state index in [0.29, 0.717) is 28.2 Å². The van der Waals surface area contributed by atoms with E-state index in [0.717, 1.165) is 28.0 Å². The number of methoxy groups -OCH3 is 2. The fraction of sp³-hybridized carbons (Fsp3) is 0.154. The lowest BCUT2D eigenvalue weighted by Gasteiger charge is -2.39. The van der Waals surface area contributed by atoms with Crippen molar-refractivity contribution in [2.24, 2.45) is 0 Å². The first kappa shape index (κ1) is 21.5. The molecule has 2 aliphatic rings. The van der Waals surface area contributed by atoms with Gasteiger partial charge in [-0.25, -0.2) is 9.07 Å². The van der Waals surface area contributed by atoms with E-state index < -0.39 is 12.1 Å². The van der Waals surface area contributed by atoms with Crippen LogP contribution >= 0.6 is 11.6 Å². The molecule has 1 aromatic heterocycles. The van der Waals surface area contributed by atoms with Crippen molar-refractivity contribution in [2.75, 3.05) is 19.5 Å². The number of fused-ring (bicyclic) bond motifs is 3. The average Bonchev–Trinajstić information content (AvgIpc) is 3.35. The van der Waals surface area contributed by atoms with Crippen molar-refractivity contribution in [3.63, 3.8) is 0 Å². The van der Waals surface area contributed by atoms with E-state index >= 15 is 0 Å². The van der Waals surface area contributed by atoms with Crippen LogP contribution in [0.2, 0.25) is 5.02 Å². The Balaban J connectivity index is 1.62. The largest absolute Gasteiger partial charge is 0.493 e. The molecule has 2 aliphatic heterocycles. The average molecular weight is 491 g/mol. The number of nitrogens with one attached hydrogen (secondary N) is 1. The Morgan fingerprint density at radius 3 is 2.51 bits per heavy atom. The maximum atomic E-state index is 13.8. The van der Waals surface area contributed by atoms with E-state index in [1.807, 2.05) is 30.3 Å². The number of benzene rings is 3. The van der Waals surface area contributed by atoms with Gasteiger partial charge in [-0.15, -0.1) is 0 Å². The first-order valence-corrected chi connectivity index (χ1v) is 11.3. The third-order valence-corrected chi connectivity index (χ3v) is 6.51. The molecule has 2 atom stereocenters. The van der Waals surface area contributed by atoms with E-state index in [-0.39, 0.29) is 5.82 Å². The van der Waals surface area contributed by atoms with Gasteiger partial charge in [0.05, 0.1) is 19.9 Å². The van der Waals surface area contributed by atoms with Gasteiger partial charge in [0, 0.05) is 16.2 Å². The maximum absolute atomic E-state index is 13.8. The first-order valence-electron chi connectivity index (χ1n) is 10.9. The Morgan fingerprint density at radius 1 is 0.971 bits per heavy atom. The van der Waals surface area contributed by atoms with Crippen LogP contribution in [0.25, 0.3) is 5.70 Å². The quantitative estimate of drug-likeness (QED) is 0.399. The molecule has 0 saturated heterocycles. The number of hydrogen-bond donors (Lipinski definition) is 1. The van der Waals surface area contributed by atoms with Crippen LogP contribution in [0.4, 0.5) is 10.3 Å². The summed E-state index contributed by atoms with van der Waals surface area (Å²) in [6.07, 6.45) is 0.975. The smallest absolute Gasteiger partial charge is 0.226 e. The molecule has 1 N–H and O–H groups in total. The summed E-state index contributed by atoms with van der Waals surface area (Å²) in [4.78, 5) is 4.43. The summed E-state index contributed by atoms with van der Waals surface area (Å²) < 4.78 is 33.1. The summed E-state index contributed by atoms with van der Waals surface area (Å²) in [6, 6.07) is 17.1. The van der Waals surface area contributed by atoms with Crippen molar-refractivity contribution in [3.05, 3.63) is 100 Å². The molecule has 35 heavy (non-hydrogen) atoms. The van der Waals surface area contributed by atoms with Crippen LogP contribution in [-0.2, 0) is 0 Å². The predicted octanol–water partition coefficient (Wildman–Crippen LogP) is 5.65. The van der Waals surface area contributed by atoms with Crippen LogP contribution in [-0.4, -0.2) is 29.0 Å². The molecule has 0 bridgehead atoms. The van der Waals surface area contributed by atoms with Crippen LogP contribution < -0.4 is 19.5 Å². The zero-order valence-electron chi connectivity index (χ0n) is 18.8. The number of rotatable bonds is 4. The highest BCUT2D eigenvalue weighted by Gasteiger charge is 2.41. The molecular formula is C26H20ClFN4O3. The Bertz CT molecular complexity index is 1470. The van der Waals surface area contributed by atoms with Gasteiger partial charge in [-0.3, -0.25) is 0 Å². The fourth-order valence-corrected chi connectivity index (χ4v) is 4.87. The Kier molecular flexibility index (Phi) is 5.11. The van der Waals surface area contributed by atoms with E-state index in [9.17, 15) is 4.39 Å². The molecule has 3 aromatic carbocycles. The van der Waals surface area contributed by atoms with Gasteiger partial charge in [-0.2, -0.15) is 10.1 Å². The Morgan fingerprint density at radius 2 is 1.74 bits per heavy atom. The minimum atomic E-state index is -0.526. The van der Waals surface area contributed by atoms with E-state index in [1.165, 1.54) is 18.5 Å². The highest BCUT2D eigenvalue weighted by Crippen LogP contribution is 2.51. The molecule has 6 rings (SSSR count). The molecule has 3 heterocycles. The SMILES string of the molecule is COc1ccc(C2C3=C(Nc4ncnn42)c2cc(Cl)ccc2OC3c2ccc(F)cc2)cc1OC. The minimum absolute atomic E-state index is 0.317. The lowest BCUT2D eigenvalue weighted by molar-refractivity contribution is 0.223. The summed E-state index contributed by atoms with van der Waals surface area (Å²) in [5.41, 5.74) is 4.21. The normalized spacial score (nSPS) is 18.1. The number of ether oxygens (including phenoxy) is 3. The van der Waals surface area contributed by atoms with Crippen LogP contribution in [0, 0.1) is 5.82 Å². The zero-order valence-corrected chi connectivity index (χ0v) is 19.6. The summed E-state index contributed by atoms with van der Waals surface area (Å²) in [6.45, 7) is 0. The second kappa shape index (κ2) is 8.32. The Hall–Kier alpha value is -4.04. The minimum Gasteiger partial charge on any atom is -0.493 e. The molecule has 0 aliphatic carbocycles. The van der Waals surface area contributed by atoms with Crippen molar-refractivity contribution < 1.29 is 18.6 Å². The van der Waals surface area contributed by atoms with Crippen LogP contribution in [0.5, 0.6) is 17.2 Å². The van der Waals surface area contributed by atoms with Crippen LogP contribution in [0.1, 0.15) is 28.8 Å². The molecule has 4 aromatic rings. The van der Waals surface area contributed by atoms with E-state index in [4.69, 9.17) is 25.8 Å². The van der Waals surface area contributed by atoms with Crippen molar-refractivity contribution >= 4 is 23.2 Å². The molecule has 9 heteroatoms. The number of nitrogens with zero attached hydrogens (tertiary/aromatic N) is 3. The highest BCUT2D eigenvalue weighted by atomic mass is 35.5. The lowest BCUT2D eigenvalue weighted by Crippen LogP contribution is -2.32. The van der Waals surface area contributed by atoms with Gasteiger partial charge in [0.2, 0.25) is 5.95 Å². The lowest BCUT2D eigenvalue weighted by atomic mass is 9.84. The number of aromatic nitrogens is 3. The monoisotopic (exact) mass is 490 g/mol. The van der Waals surface area contributed by atoms with Crippen LogP contribution in [0.15, 0.2) is 72.6 Å². The summed E-state index contributed by atoms with van der Waals surface area (Å²) in [5, 5.41) is 8.52. The summed E-state index contributed by atoms with van der Waals surface area (Å²) >= 11 is 6.37. The first-order chi connectivity index (χ1) is 17.1.